The van der Waals surface area contributed by atoms with E-state index in [1.54, 1.807) is 0 Å². The molecule has 0 bridgehead atoms. The first-order valence-corrected chi connectivity index (χ1v) is 9.60. The lowest BCUT2D eigenvalue weighted by molar-refractivity contribution is -0.0721. The lowest BCUT2D eigenvalue weighted by Gasteiger charge is -2.35. The Morgan fingerprint density at radius 3 is 2.68 bits per heavy atom. The van der Waals surface area contributed by atoms with Crippen LogP contribution in [0.1, 0.15) is 46.0 Å². The van der Waals surface area contributed by atoms with Crippen LogP contribution in [-0.4, -0.2) is 74.2 Å². The van der Waals surface area contributed by atoms with Crippen LogP contribution in [0.3, 0.4) is 0 Å². The Balaban J connectivity index is 0.00000312. The van der Waals surface area contributed by atoms with Gasteiger partial charge >= 0.3 is 0 Å². The van der Waals surface area contributed by atoms with Gasteiger partial charge in [-0.1, -0.05) is 6.92 Å². The smallest absolute Gasteiger partial charge is 0.193 e. The van der Waals surface area contributed by atoms with E-state index in [0.717, 1.165) is 58.1 Å². The van der Waals surface area contributed by atoms with Crippen molar-refractivity contribution in [3.8, 4) is 0 Å². The molecular formula is C18H36IN3O3. The molecule has 0 aliphatic carbocycles. The molecule has 148 valence electrons. The molecular weight excluding hydrogens is 433 g/mol. The van der Waals surface area contributed by atoms with E-state index < -0.39 is 0 Å². The number of piperidine rings is 1. The van der Waals surface area contributed by atoms with Crippen LogP contribution >= 0.6 is 24.0 Å². The lowest BCUT2D eigenvalue weighted by Crippen LogP contribution is -2.47. The number of hydrogen-bond acceptors (Lipinski definition) is 4. The summed E-state index contributed by atoms with van der Waals surface area (Å²) in [6.45, 7) is 9.38. The van der Waals surface area contributed by atoms with E-state index in [1.165, 1.54) is 12.8 Å². The monoisotopic (exact) mass is 469 g/mol. The van der Waals surface area contributed by atoms with Gasteiger partial charge in [-0.25, -0.2) is 0 Å². The van der Waals surface area contributed by atoms with Gasteiger partial charge < -0.3 is 24.8 Å². The fourth-order valence-corrected chi connectivity index (χ4v) is 3.14. The molecule has 7 heteroatoms. The fourth-order valence-electron chi connectivity index (χ4n) is 3.14. The molecule has 2 aliphatic rings. The second-order valence-electron chi connectivity index (χ2n) is 6.99. The van der Waals surface area contributed by atoms with Gasteiger partial charge in [-0.05, 0) is 44.9 Å². The zero-order valence-electron chi connectivity index (χ0n) is 15.8. The minimum atomic E-state index is 0. The Hall–Kier alpha value is -0.120. The zero-order valence-corrected chi connectivity index (χ0v) is 18.1. The highest BCUT2D eigenvalue weighted by Crippen LogP contribution is 2.18. The van der Waals surface area contributed by atoms with Gasteiger partial charge in [0.25, 0.3) is 0 Å². The summed E-state index contributed by atoms with van der Waals surface area (Å²) in [5.41, 5.74) is 0. The molecule has 0 spiro atoms. The molecule has 2 aliphatic heterocycles. The molecule has 0 aromatic rings. The van der Waals surface area contributed by atoms with Crippen molar-refractivity contribution in [1.29, 1.82) is 0 Å². The van der Waals surface area contributed by atoms with Crippen LogP contribution in [-0.2, 0) is 9.47 Å². The largest absolute Gasteiger partial charge is 0.396 e. The van der Waals surface area contributed by atoms with Crippen molar-refractivity contribution in [2.45, 2.75) is 58.2 Å². The Bertz CT molecular complexity index is 371. The molecule has 25 heavy (non-hydrogen) atoms. The van der Waals surface area contributed by atoms with Gasteiger partial charge in [0.15, 0.2) is 5.96 Å². The number of ether oxygens (including phenoxy) is 2. The lowest BCUT2D eigenvalue weighted by atomic mass is 10.1. The molecule has 0 radical (unpaired) electrons. The summed E-state index contributed by atoms with van der Waals surface area (Å²) in [6, 6.07) is 0. The number of hydrogen-bond donors (Lipinski definition) is 2. The molecule has 2 saturated heterocycles. The van der Waals surface area contributed by atoms with Crippen LogP contribution in [0.15, 0.2) is 4.99 Å². The first-order chi connectivity index (χ1) is 11.7. The standard InChI is InChI=1S/C18H35N3O3.HI/c1-3-19-18(20-12-15(2)13-22)21-9-7-16(8-10-21)24-14-17-6-4-5-11-23-17;/h15-17,22H,3-14H2,1-2H3,(H,19,20);1H. The van der Waals surface area contributed by atoms with Crippen molar-refractivity contribution < 1.29 is 14.6 Å². The highest BCUT2D eigenvalue weighted by molar-refractivity contribution is 14.0. The summed E-state index contributed by atoms with van der Waals surface area (Å²) < 4.78 is 11.8. The highest BCUT2D eigenvalue weighted by atomic mass is 127. The van der Waals surface area contributed by atoms with E-state index >= 15 is 0 Å². The van der Waals surface area contributed by atoms with E-state index in [1.807, 2.05) is 6.92 Å². The van der Waals surface area contributed by atoms with Crippen molar-refractivity contribution >= 4 is 29.9 Å². The van der Waals surface area contributed by atoms with E-state index in [9.17, 15) is 0 Å². The molecule has 2 unspecified atom stereocenters. The van der Waals surface area contributed by atoms with Gasteiger partial charge in [-0.15, -0.1) is 24.0 Å². The summed E-state index contributed by atoms with van der Waals surface area (Å²) in [7, 11) is 0. The summed E-state index contributed by atoms with van der Waals surface area (Å²) >= 11 is 0. The molecule has 0 aromatic heterocycles. The Kier molecular flexibility index (Phi) is 12.0. The van der Waals surface area contributed by atoms with Crippen molar-refractivity contribution in [1.82, 2.24) is 10.2 Å². The van der Waals surface area contributed by atoms with Crippen LogP contribution in [0.2, 0.25) is 0 Å². The first kappa shape index (κ1) is 22.9. The number of aliphatic imine (C=N–C) groups is 1. The van der Waals surface area contributed by atoms with Crippen molar-refractivity contribution in [2.24, 2.45) is 10.9 Å². The molecule has 2 atom stereocenters. The normalized spacial score (nSPS) is 23.9. The second-order valence-corrected chi connectivity index (χ2v) is 6.99. The van der Waals surface area contributed by atoms with Crippen LogP contribution in [0.25, 0.3) is 0 Å². The maximum absolute atomic E-state index is 9.16. The minimum absolute atomic E-state index is 0. The second kappa shape index (κ2) is 13.1. The molecule has 2 N–H and O–H groups in total. The molecule has 6 nitrogen and oxygen atoms in total. The van der Waals surface area contributed by atoms with Crippen molar-refractivity contribution in [2.75, 3.05) is 46.0 Å². The van der Waals surface area contributed by atoms with Crippen LogP contribution < -0.4 is 5.32 Å². The van der Waals surface area contributed by atoms with Crippen LogP contribution in [0.5, 0.6) is 0 Å². The van der Waals surface area contributed by atoms with Crippen molar-refractivity contribution in [3.63, 3.8) is 0 Å². The van der Waals surface area contributed by atoms with Gasteiger partial charge in [0, 0.05) is 39.4 Å². The highest BCUT2D eigenvalue weighted by Gasteiger charge is 2.23. The Morgan fingerprint density at radius 1 is 1.32 bits per heavy atom. The number of guanidine groups is 1. The van der Waals surface area contributed by atoms with Gasteiger partial charge in [-0.2, -0.15) is 0 Å². The number of rotatable bonds is 7. The Labute approximate surface area is 169 Å². The van der Waals surface area contributed by atoms with E-state index in [-0.39, 0.29) is 36.5 Å². The number of likely N-dealkylation sites (tertiary alicyclic amines) is 1. The third kappa shape index (κ3) is 8.41. The predicted molar refractivity (Wildman–Crippen MR) is 112 cm³/mol. The maximum atomic E-state index is 9.16. The number of aliphatic hydroxyl groups excluding tert-OH is 1. The Morgan fingerprint density at radius 2 is 2.08 bits per heavy atom. The van der Waals surface area contributed by atoms with Gasteiger partial charge in [0.1, 0.15) is 0 Å². The molecule has 2 rings (SSSR count). The third-order valence-electron chi connectivity index (χ3n) is 4.73. The predicted octanol–water partition coefficient (Wildman–Crippen LogP) is 2.25. The molecule has 0 aromatic carbocycles. The van der Waals surface area contributed by atoms with Crippen LogP contribution in [0.4, 0.5) is 0 Å². The van der Waals surface area contributed by atoms with Gasteiger partial charge in [-0.3, -0.25) is 4.99 Å². The third-order valence-corrected chi connectivity index (χ3v) is 4.73. The summed E-state index contributed by atoms with van der Waals surface area (Å²) in [5.74, 6) is 1.17. The maximum Gasteiger partial charge on any atom is 0.193 e. The summed E-state index contributed by atoms with van der Waals surface area (Å²) in [6.07, 6.45) is 6.30. The van der Waals surface area contributed by atoms with Gasteiger partial charge in [0.05, 0.1) is 18.8 Å². The number of aliphatic hydroxyl groups is 1. The average Bonchev–Trinajstić information content (AvgIpc) is 2.64. The van der Waals surface area contributed by atoms with Crippen molar-refractivity contribution in [3.05, 3.63) is 0 Å². The topological polar surface area (TPSA) is 66.3 Å². The molecule has 2 fully saturated rings. The van der Waals surface area contributed by atoms with E-state index in [2.05, 4.69) is 22.1 Å². The molecule has 0 saturated carbocycles. The average molecular weight is 469 g/mol. The molecule has 2 heterocycles. The quantitative estimate of drug-likeness (QED) is 0.340. The van der Waals surface area contributed by atoms with E-state index in [4.69, 9.17) is 14.6 Å². The SMILES string of the molecule is CCNC(=NCC(C)CO)N1CCC(OCC2CCCCO2)CC1.I. The fraction of sp³-hybridized carbons (Fsp3) is 0.944. The number of nitrogens with one attached hydrogen (secondary N) is 1. The van der Waals surface area contributed by atoms with Gasteiger partial charge in [0.2, 0.25) is 0 Å². The summed E-state index contributed by atoms with van der Waals surface area (Å²) in [5, 5.41) is 12.5. The molecule has 0 amide bonds. The minimum Gasteiger partial charge on any atom is -0.396 e. The number of halogens is 1. The zero-order chi connectivity index (χ0) is 17.2. The number of nitrogens with zero attached hydrogens (tertiary/aromatic N) is 2. The van der Waals surface area contributed by atoms with Crippen LogP contribution in [0, 0.1) is 5.92 Å². The first-order valence-electron chi connectivity index (χ1n) is 9.60. The van der Waals surface area contributed by atoms with E-state index in [0.29, 0.717) is 18.8 Å². The summed E-state index contributed by atoms with van der Waals surface area (Å²) in [4.78, 5) is 6.97.